The maximum Gasteiger partial charge on any atom is 0.311 e. The normalized spacial score (nSPS) is 12.4. The van der Waals surface area contributed by atoms with Crippen molar-refractivity contribution in [1.29, 1.82) is 0 Å². The third-order valence-electron chi connectivity index (χ3n) is 6.22. The minimum Gasteiger partial charge on any atom is -0.491 e. The molecule has 0 radical (unpaired) electrons. The SMILES string of the molecule is CCCCCCCCc1cccc(OC(C)CCOC(=O)CC[N+](C)(C)Cc2ccccc2)c1. The van der Waals surface area contributed by atoms with Gasteiger partial charge in [0.1, 0.15) is 12.3 Å². The quantitative estimate of drug-likeness (QED) is 0.143. The number of carbonyl (C=O) groups is 1. The van der Waals surface area contributed by atoms with Gasteiger partial charge in [0.05, 0.1) is 39.8 Å². The largest absolute Gasteiger partial charge is 0.491 e. The number of nitrogens with zero attached hydrogens (tertiary/aromatic N) is 1. The molecule has 2 rings (SSSR count). The van der Waals surface area contributed by atoms with Gasteiger partial charge in [0, 0.05) is 12.0 Å². The van der Waals surface area contributed by atoms with E-state index in [2.05, 4.69) is 63.5 Å². The molecule has 0 amide bonds. The van der Waals surface area contributed by atoms with Gasteiger partial charge in [0.15, 0.2) is 0 Å². The Bertz CT molecular complexity index is 819. The van der Waals surface area contributed by atoms with Crippen molar-refractivity contribution in [2.75, 3.05) is 27.2 Å². The lowest BCUT2D eigenvalue weighted by atomic mass is 10.0. The molecule has 0 aliphatic carbocycles. The number of carbonyl (C=O) groups excluding carboxylic acids is 1. The van der Waals surface area contributed by atoms with E-state index in [4.69, 9.17) is 9.47 Å². The first-order valence-corrected chi connectivity index (χ1v) is 13.1. The number of rotatable bonds is 17. The van der Waals surface area contributed by atoms with Crippen LogP contribution in [0.3, 0.4) is 0 Å². The van der Waals surface area contributed by atoms with Crippen LogP contribution in [-0.2, 0) is 22.5 Å². The van der Waals surface area contributed by atoms with E-state index in [-0.39, 0.29) is 12.1 Å². The summed E-state index contributed by atoms with van der Waals surface area (Å²) in [6.45, 7) is 6.34. The zero-order valence-corrected chi connectivity index (χ0v) is 21.9. The van der Waals surface area contributed by atoms with Gasteiger partial charge in [-0.2, -0.15) is 0 Å². The van der Waals surface area contributed by atoms with Gasteiger partial charge in [0.2, 0.25) is 0 Å². The molecule has 0 aromatic heterocycles. The summed E-state index contributed by atoms with van der Waals surface area (Å²) in [6, 6.07) is 18.8. The van der Waals surface area contributed by atoms with Gasteiger partial charge in [-0.3, -0.25) is 4.79 Å². The van der Waals surface area contributed by atoms with Crippen LogP contribution in [0.25, 0.3) is 0 Å². The number of aryl methyl sites for hydroxylation is 1. The second-order valence-electron chi connectivity index (χ2n) is 10.2. The molecule has 4 nitrogen and oxygen atoms in total. The van der Waals surface area contributed by atoms with E-state index in [1.54, 1.807) is 0 Å². The summed E-state index contributed by atoms with van der Waals surface area (Å²) in [5.41, 5.74) is 2.62. The molecule has 0 spiro atoms. The van der Waals surface area contributed by atoms with Crippen LogP contribution in [0.4, 0.5) is 0 Å². The second-order valence-corrected chi connectivity index (χ2v) is 10.2. The van der Waals surface area contributed by atoms with Gasteiger partial charge >= 0.3 is 5.97 Å². The summed E-state index contributed by atoms with van der Waals surface area (Å²) in [5.74, 6) is 0.773. The standard InChI is InChI=1S/C30H46NO3/c1-5-6-7-8-9-11-15-27-18-14-19-29(24-27)34-26(2)21-23-33-30(32)20-22-31(3,4)25-28-16-12-10-13-17-28/h10,12-14,16-19,24,26H,5-9,11,15,20-23,25H2,1-4H3/q+1. The van der Waals surface area contributed by atoms with Crippen LogP contribution in [0.2, 0.25) is 0 Å². The lowest BCUT2D eigenvalue weighted by Crippen LogP contribution is -2.40. The summed E-state index contributed by atoms with van der Waals surface area (Å²) in [5, 5.41) is 0. The van der Waals surface area contributed by atoms with Crippen LogP contribution >= 0.6 is 0 Å². The molecule has 1 unspecified atom stereocenters. The Morgan fingerprint density at radius 2 is 1.62 bits per heavy atom. The monoisotopic (exact) mass is 468 g/mol. The predicted octanol–water partition coefficient (Wildman–Crippen LogP) is 6.96. The molecule has 2 aromatic rings. The number of hydrogen-bond acceptors (Lipinski definition) is 3. The van der Waals surface area contributed by atoms with Crippen molar-refractivity contribution in [2.24, 2.45) is 0 Å². The van der Waals surface area contributed by atoms with Crippen LogP contribution < -0.4 is 4.74 Å². The van der Waals surface area contributed by atoms with E-state index in [0.29, 0.717) is 19.4 Å². The second kappa shape index (κ2) is 15.5. The summed E-state index contributed by atoms with van der Waals surface area (Å²) in [4.78, 5) is 12.2. The van der Waals surface area contributed by atoms with Crippen LogP contribution in [-0.4, -0.2) is 43.8 Å². The van der Waals surface area contributed by atoms with E-state index in [0.717, 1.165) is 29.7 Å². The first-order chi connectivity index (χ1) is 16.4. The van der Waals surface area contributed by atoms with E-state index in [9.17, 15) is 4.79 Å². The molecule has 0 N–H and O–H groups in total. The maximum atomic E-state index is 12.2. The average Bonchev–Trinajstić information content (AvgIpc) is 2.81. The van der Waals surface area contributed by atoms with E-state index in [1.165, 1.54) is 49.7 Å². The Morgan fingerprint density at radius 3 is 2.38 bits per heavy atom. The molecule has 0 aliphatic heterocycles. The fourth-order valence-electron chi connectivity index (χ4n) is 4.14. The summed E-state index contributed by atoms with van der Waals surface area (Å²) in [6.07, 6.45) is 10.1. The fraction of sp³-hybridized carbons (Fsp3) is 0.567. The highest BCUT2D eigenvalue weighted by molar-refractivity contribution is 5.69. The molecule has 0 bridgehead atoms. The molecular formula is C30H46NO3+. The van der Waals surface area contributed by atoms with Crippen molar-refractivity contribution in [1.82, 2.24) is 0 Å². The highest BCUT2D eigenvalue weighted by Crippen LogP contribution is 2.18. The summed E-state index contributed by atoms with van der Waals surface area (Å²) < 4.78 is 12.3. The topological polar surface area (TPSA) is 35.5 Å². The van der Waals surface area contributed by atoms with Crippen LogP contribution in [0.1, 0.15) is 76.3 Å². The molecule has 2 aromatic carbocycles. The van der Waals surface area contributed by atoms with Crippen molar-refractivity contribution in [3.8, 4) is 5.75 Å². The first kappa shape index (κ1) is 27.9. The zero-order chi connectivity index (χ0) is 24.7. The smallest absolute Gasteiger partial charge is 0.311 e. The molecule has 0 saturated carbocycles. The van der Waals surface area contributed by atoms with Crippen LogP contribution in [0, 0.1) is 0 Å². The van der Waals surface area contributed by atoms with Gasteiger partial charge in [0.25, 0.3) is 0 Å². The summed E-state index contributed by atoms with van der Waals surface area (Å²) in [7, 11) is 4.30. The molecule has 0 aliphatic rings. The fourth-order valence-corrected chi connectivity index (χ4v) is 4.14. The lowest BCUT2D eigenvalue weighted by molar-refractivity contribution is -0.903. The van der Waals surface area contributed by atoms with Crippen molar-refractivity contribution >= 4 is 5.97 Å². The van der Waals surface area contributed by atoms with Gasteiger partial charge < -0.3 is 14.0 Å². The summed E-state index contributed by atoms with van der Waals surface area (Å²) >= 11 is 0. The van der Waals surface area contributed by atoms with E-state index >= 15 is 0 Å². The molecular weight excluding hydrogens is 422 g/mol. The van der Waals surface area contributed by atoms with Crippen molar-refractivity contribution in [3.05, 3.63) is 65.7 Å². The third kappa shape index (κ3) is 12.2. The number of ether oxygens (including phenoxy) is 2. The van der Waals surface area contributed by atoms with Crippen molar-refractivity contribution < 1.29 is 18.8 Å². The number of benzene rings is 2. The van der Waals surface area contributed by atoms with E-state index < -0.39 is 0 Å². The zero-order valence-electron chi connectivity index (χ0n) is 21.9. The molecule has 0 heterocycles. The molecule has 0 fully saturated rings. The van der Waals surface area contributed by atoms with Crippen LogP contribution in [0.15, 0.2) is 54.6 Å². The maximum absolute atomic E-state index is 12.2. The molecule has 34 heavy (non-hydrogen) atoms. The van der Waals surface area contributed by atoms with Crippen molar-refractivity contribution in [3.63, 3.8) is 0 Å². The van der Waals surface area contributed by atoms with E-state index in [1.807, 2.05) is 19.1 Å². The number of esters is 1. The minimum atomic E-state index is -0.132. The molecule has 1 atom stereocenters. The first-order valence-electron chi connectivity index (χ1n) is 13.1. The minimum absolute atomic E-state index is 0.00222. The Kier molecular flexibility index (Phi) is 12.8. The van der Waals surface area contributed by atoms with Gasteiger partial charge in [-0.05, 0) is 37.5 Å². The molecule has 0 saturated heterocycles. The number of quaternary nitrogens is 1. The lowest BCUT2D eigenvalue weighted by Gasteiger charge is -2.29. The highest BCUT2D eigenvalue weighted by Gasteiger charge is 2.18. The molecule has 4 heteroatoms. The van der Waals surface area contributed by atoms with Gasteiger partial charge in [-0.15, -0.1) is 0 Å². The number of unbranched alkanes of at least 4 members (excludes halogenated alkanes) is 5. The van der Waals surface area contributed by atoms with Crippen molar-refractivity contribution in [2.45, 2.75) is 84.3 Å². The molecule has 188 valence electrons. The highest BCUT2D eigenvalue weighted by atomic mass is 16.5. The van der Waals surface area contributed by atoms with Gasteiger partial charge in [-0.1, -0.05) is 81.5 Å². The van der Waals surface area contributed by atoms with Gasteiger partial charge in [-0.25, -0.2) is 0 Å². The Hall–Kier alpha value is -2.33. The number of hydrogen-bond donors (Lipinski definition) is 0. The van der Waals surface area contributed by atoms with Crippen LogP contribution in [0.5, 0.6) is 5.75 Å². The Labute approximate surface area is 207 Å². The third-order valence-corrected chi connectivity index (χ3v) is 6.22. The average molecular weight is 469 g/mol. The predicted molar refractivity (Wildman–Crippen MR) is 141 cm³/mol. The Morgan fingerprint density at radius 1 is 0.912 bits per heavy atom. The Balaban J connectivity index is 1.62.